The van der Waals surface area contributed by atoms with Crippen LogP contribution in [0.15, 0.2) is 0 Å². The van der Waals surface area contributed by atoms with Crippen LogP contribution >= 0.6 is 0 Å². The highest BCUT2D eigenvalue weighted by Gasteiger charge is 2.26. The third-order valence-corrected chi connectivity index (χ3v) is 6.04. The summed E-state index contributed by atoms with van der Waals surface area (Å²) >= 11 is 0. The molecule has 4 heteroatoms. The number of carbonyl (C=O) groups excluding carboxylic acids is 2. The van der Waals surface area contributed by atoms with Crippen molar-refractivity contribution in [1.29, 1.82) is 0 Å². The van der Waals surface area contributed by atoms with E-state index >= 15 is 0 Å². The van der Waals surface area contributed by atoms with Crippen molar-refractivity contribution >= 4 is 11.9 Å². The van der Waals surface area contributed by atoms with Gasteiger partial charge in [-0.3, -0.25) is 9.59 Å². The van der Waals surface area contributed by atoms with Crippen LogP contribution in [0.5, 0.6) is 0 Å². The second-order valence-corrected chi connectivity index (χ2v) is 8.65. The molecule has 0 fully saturated rings. The Balaban J connectivity index is 3.72. The summed E-state index contributed by atoms with van der Waals surface area (Å²) in [6.07, 6.45) is 17.2. The van der Waals surface area contributed by atoms with Crippen molar-refractivity contribution in [1.82, 2.24) is 0 Å². The first-order valence-electron chi connectivity index (χ1n) is 12.9. The van der Waals surface area contributed by atoms with Crippen LogP contribution in [-0.2, 0) is 19.1 Å². The molecule has 0 amide bonds. The van der Waals surface area contributed by atoms with E-state index in [1.165, 1.54) is 38.5 Å². The summed E-state index contributed by atoms with van der Waals surface area (Å²) in [6, 6.07) is 0. The molecule has 0 heterocycles. The van der Waals surface area contributed by atoms with Crippen molar-refractivity contribution in [3.63, 3.8) is 0 Å². The molecule has 178 valence electrons. The molecule has 2 unspecified atom stereocenters. The molecule has 4 nitrogen and oxygen atoms in total. The Hall–Kier alpha value is -1.06. The van der Waals surface area contributed by atoms with Crippen molar-refractivity contribution < 1.29 is 19.1 Å². The van der Waals surface area contributed by atoms with Gasteiger partial charge in [0.1, 0.15) is 0 Å². The number of ether oxygens (including phenoxy) is 2. The molecule has 0 aliphatic rings. The Morgan fingerprint density at radius 3 is 1.70 bits per heavy atom. The number of hydrogen-bond donors (Lipinski definition) is 0. The lowest BCUT2D eigenvalue weighted by molar-refractivity contribution is -0.151. The Morgan fingerprint density at radius 2 is 1.17 bits per heavy atom. The summed E-state index contributed by atoms with van der Waals surface area (Å²) in [5.74, 6) is 0.516. The normalized spacial score (nSPS) is 13.1. The lowest BCUT2D eigenvalue weighted by Crippen LogP contribution is -2.25. The molecular formula is C26H50O4. The molecule has 0 saturated heterocycles. The molecule has 0 spiro atoms. The van der Waals surface area contributed by atoms with Crippen molar-refractivity contribution in [3.05, 3.63) is 0 Å². The molecule has 0 bridgehead atoms. The topological polar surface area (TPSA) is 52.6 Å². The molecule has 0 aliphatic carbocycles. The van der Waals surface area contributed by atoms with Crippen molar-refractivity contribution in [3.8, 4) is 0 Å². The Kier molecular flexibility index (Phi) is 20.4. The Bertz CT molecular complexity index is 408. The van der Waals surface area contributed by atoms with Crippen LogP contribution in [0.25, 0.3) is 0 Å². The van der Waals surface area contributed by atoms with Gasteiger partial charge in [0.2, 0.25) is 0 Å². The third-order valence-electron chi connectivity index (χ3n) is 6.04. The highest BCUT2D eigenvalue weighted by molar-refractivity contribution is 5.72. The molecule has 0 aliphatic heterocycles. The van der Waals surface area contributed by atoms with Gasteiger partial charge in [-0.25, -0.2) is 0 Å². The van der Waals surface area contributed by atoms with Crippen molar-refractivity contribution in [2.45, 2.75) is 130 Å². The fourth-order valence-electron chi connectivity index (χ4n) is 3.95. The van der Waals surface area contributed by atoms with Gasteiger partial charge in [0.15, 0.2) is 0 Å². The molecule has 2 atom stereocenters. The van der Waals surface area contributed by atoms with Gasteiger partial charge in [0.25, 0.3) is 0 Å². The highest BCUT2D eigenvalue weighted by Crippen LogP contribution is 2.27. The molecule has 0 aromatic rings. The van der Waals surface area contributed by atoms with E-state index < -0.39 is 0 Å². The quantitative estimate of drug-likeness (QED) is 0.140. The molecule has 0 aromatic carbocycles. The number of rotatable bonds is 21. The Morgan fingerprint density at radius 1 is 0.633 bits per heavy atom. The molecule has 30 heavy (non-hydrogen) atoms. The zero-order chi connectivity index (χ0) is 22.5. The van der Waals surface area contributed by atoms with Gasteiger partial charge in [-0.2, -0.15) is 0 Å². The first-order valence-corrected chi connectivity index (χ1v) is 12.9. The van der Waals surface area contributed by atoms with Gasteiger partial charge in [0, 0.05) is 6.42 Å². The van der Waals surface area contributed by atoms with E-state index in [1.807, 2.05) is 0 Å². The summed E-state index contributed by atoms with van der Waals surface area (Å²) in [6.45, 7) is 9.68. The maximum Gasteiger partial charge on any atom is 0.309 e. The molecular weight excluding hydrogens is 376 g/mol. The minimum atomic E-state index is -0.0337. The molecule has 0 saturated carbocycles. The fourth-order valence-corrected chi connectivity index (χ4v) is 3.95. The van der Waals surface area contributed by atoms with E-state index in [0.29, 0.717) is 25.6 Å². The van der Waals surface area contributed by atoms with E-state index in [4.69, 9.17) is 9.47 Å². The van der Waals surface area contributed by atoms with Gasteiger partial charge >= 0.3 is 11.9 Å². The molecule has 0 N–H and O–H groups in total. The lowest BCUT2D eigenvalue weighted by atomic mass is 9.84. The summed E-state index contributed by atoms with van der Waals surface area (Å²) < 4.78 is 10.7. The number of carbonyl (C=O) groups is 2. The number of esters is 2. The van der Waals surface area contributed by atoms with E-state index in [0.717, 1.165) is 57.8 Å². The van der Waals surface area contributed by atoms with Crippen LogP contribution in [0.2, 0.25) is 0 Å². The third kappa shape index (κ3) is 15.7. The van der Waals surface area contributed by atoms with E-state index in [9.17, 15) is 9.59 Å². The average molecular weight is 427 g/mol. The van der Waals surface area contributed by atoms with E-state index in [2.05, 4.69) is 27.7 Å². The van der Waals surface area contributed by atoms with Crippen LogP contribution in [0, 0.1) is 11.8 Å². The van der Waals surface area contributed by atoms with Gasteiger partial charge in [-0.1, -0.05) is 91.9 Å². The van der Waals surface area contributed by atoms with Crippen LogP contribution in [-0.4, -0.2) is 25.2 Å². The van der Waals surface area contributed by atoms with Crippen LogP contribution < -0.4 is 0 Å². The Labute approximate surface area is 186 Å². The minimum absolute atomic E-state index is 0.0204. The second kappa shape index (κ2) is 21.2. The van der Waals surface area contributed by atoms with Gasteiger partial charge < -0.3 is 9.47 Å². The van der Waals surface area contributed by atoms with Crippen molar-refractivity contribution in [2.24, 2.45) is 11.8 Å². The first kappa shape index (κ1) is 28.9. The minimum Gasteiger partial charge on any atom is -0.466 e. The first-order chi connectivity index (χ1) is 14.6. The summed E-state index contributed by atoms with van der Waals surface area (Å²) in [5, 5.41) is 0. The standard InChI is InChI=1S/C26H50O4/c1-5-9-21-29-25(27)20-18-16-14-12-11-13-15-17-19-23(7-3)24(8-4)26(28)30-22-10-6-2/h23-24H,5-22H2,1-4H3. The zero-order valence-electron chi connectivity index (χ0n) is 20.5. The smallest absolute Gasteiger partial charge is 0.309 e. The van der Waals surface area contributed by atoms with Crippen LogP contribution in [0.3, 0.4) is 0 Å². The van der Waals surface area contributed by atoms with Gasteiger partial charge in [-0.05, 0) is 38.0 Å². The number of hydrogen-bond acceptors (Lipinski definition) is 4. The maximum atomic E-state index is 12.4. The SMILES string of the molecule is CCCCOC(=O)CCCCCCCCCCC(CC)C(CC)C(=O)OCCCC. The molecule has 0 aromatic heterocycles. The maximum absolute atomic E-state index is 12.4. The fraction of sp³-hybridized carbons (Fsp3) is 0.923. The molecule has 0 radical (unpaired) electrons. The summed E-state index contributed by atoms with van der Waals surface area (Å²) in [4.78, 5) is 23.9. The van der Waals surface area contributed by atoms with Gasteiger partial charge in [0.05, 0.1) is 19.1 Å². The highest BCUT2D eigenvalue weighted by atomic mass is 16.5. The monoisotopic (exact) mass is 426 g/mol. The number of unbranched alkanes of at least 4 members (excludes halogenated alkanes) is 9. The predicted molar refractivity (Wildman–Crippen MR) is 125 cm³/mol. The lowest BCUT2D eigenvalue weighted by Gasteiger charge is -2.23. The second-order valence-electron chi connectivity index (χ2n) is 8.65. The van der Waals surface area contributed by atoms with E-state index in [1.54, 1.807) is 0 Å². The van der Waals surface area contributed by atoms with Crippen LogP contribution in [0.1, 0.15) is 130 Å². The largest absolute Gasteiger partial charge is 0.466 e. The predicted octanol–water partition coefficient (Wildman–Crippen LogP) is 7.63. The summed E-state index contributed by atoms with van der Waals surface area (Å²) in [5.41, 5.74) is 0. The van der Waals surface area contributed by atoms with Crippen molar-refractivity contribution in [2.75, 3.05) is 13.2 Å². The molecule has 0 rings (SSSR count). The van der Waals surface area contributed by atoms with Crippen LogP contribution in [0.4, 0.5) is 0 Å². The summed E-state index contributed by atoms with van der Waals surface area (Å²) in [7, 11) is 0. The van der Waals surface area contributed by atoms with E-state index in [-0.39, 0.29) is 17.9 Å². The van der Waals surface area contributed by atoms with Gasteiger partial charge in [-0.15, -0.1) is 0 Å². The average Bonchev–Trinajstić information content (AvgIpc) is 2.74. The zero-order valence-corrected chi connectivity index (χ0v) is 20.5.